The topological polar surface area (TPSA) is 51.0 Å². The van der Waals surface area contributed by atoms with Crippen LogP contribution >= 0.6 is 11.8 Å². The van der Waals surface area contributed by atoms with Gasteiger partial charge in [-0.25, -0.2) is 0 Å². The lowest BCUT2D eigenvalue weighted by Crippen LogP contribution is -2.38. The van der Waals surface area contributed by atoms with E-state index in [1.165, 1.54) is 11.8 Å². The van der Waals surface area contributed by atoms with Crippen molar-refractivity contribution < 1.29 is 4.79 Å². The van der Waals surface area contributed by atoms with Crippen LogP contribution in [-0.4, -0.2) is 44.4 Å². The van der Waals surface area contributed by atoms with Crippen LogP contribution < -0.4 is 0 Å². The fourth-order valence-corrected chi connectivity index (χ4v) is 3.52. The van der Waals surface area contributed by atoms with E-state index in [2.05, 4.69) is 50.9 Å². The zero-order chi connectivity index (χ0) is 18.4. The fraction of sp³-hybridized carbons (Fsp3) is 0.526. The molecule has 6 heteroatoms. The summed E-state index contributed by atoms with van der Waals surface area (Å²) in [5, 5.41) is 8.97. The molecule has 0 bridgehead atoms. The summed E-state index contributed by atoms with van der Waals surface area (Å²) in [5.74, 6) is 1.46. The number of para-hydroxylation sites is 1. The van der Waals surface area contributed by atoms with E-state index < -0.39 is 0 Å². The number of hydrogen-bond donors (Lipinski definition) is 0. The zero-order valence-corrected chi connectivity index (χ0v) is 16.6. The quantitative estimate of drug-likeness (QED) is 0.672. The third-order valence-corrected chi connectivity index (χ3v) is 4.67. The lowest BCUT2D eigenvalue weighted by atomic mass is 10.1. The highest BCUT2D eigenvalue weighted by Gasteiger charge is 2.18. The monoisotopic (exact) mass is 360 g/mol. The second-order valence-electron chi connectivity index (χ2n) is 7.15. The summed E-state index contributed by atoms with van der Waals surface area (Å²) in [6, 6.07) is 8.10. The number of aromatic nitrogens is 3. The first-order valence-electron chi connectivity index (χ1n) is 8.75. The highest BCUT2D eigenvalue weighted by molar-refractivity contribution is 7.99. The molecule has 5 nitrogen and oxygen atoms in total. The van der Waals surface area contributed by atoms with E-state index in [9.17, 15) is 4.79 Å². The summed E-state index contributed by atoms with van der Waals surface area (Å²) in [7, 11) is 0. The first kappa shape index (κ1) is 19.5. The van der Waals surface area contributed by atoms with Crippen LogP contribution in [0.5, 0.6) is 0 Å². The molecular formula is C19H28N4OS. The summed E-state index contributed by atoms with van der Waals surface area (Å²) in [6.07, 6.45) is 1.70. The molecule has 1 aromatic carbocycles. The summed E-state index contributed by atoms with van der Waals surface area (Å²) < 4.78 is 1.95. The van der Waals surface area contributed by atoms with Gasteiger partial charge in [0.25, 0.3) is 0 Å². The second kappa shape index (κ2) is 9.04. The molecule has 136 valence electrons. The number of rotatable bonds is 8. The average Bonchev–Trinajstić information content (AvgIpc) is 2.99. The fourth-order valence-electron chi connectivity index (χ4n) is 2.70. The molecule has 0 aliphatic rings. The molecule has 0 atom stereocenters. The van der Waals surface area contributed by atoms with Crippen molar-refractivity contribution in [1.82, 2.24) is 19.7 Å². The van der Waals surface area contributed by atoms with Crippen LogP contribution in [0.15, 0.2) is 35.7 Å². The molecule has 0 saturated carbocycles. The van der Waals surface area contributed by atoms with E-state index in [-0.39, 0.29) is 5.91 Å². The molecule has 0 radical (unpaired) electrons. The molecule has 2 rings (SSSR count). The number of carbonyl (C=O) groups excluding carboxylic acids is 1. The third kappa shape index (κ3) is 5.59. The zero-order valence-electron chi connectivity index (χ0n) is 15.8. The normalized spacial score (nSPS) is 11.3. The van der Waals surface area contributed by atoms with E-state index in [1.54, 1.807) is 6.33 Å². The van der Waals surface area contributed by atoms with Crippen molar-refractivity contribution in [3.63, 3.8) is 0 Å². The van der Waals surface area contributed by atoms with Gasteiger partial charge in [-0.1, -0.05) is 57.7 Å². The van der Waals surface area contributed by atoms with Crippen molar-refractivity contribution >= 4 is 17.7 Å². The lowest BCUT2D eigenvalue weighted by molar-refractivity contribution is -0.129. The van der Waals surface area contributed by atoms with E-state index >= 15 is 0 Å². The molecule has 1 heterocycles. The van der Waals surface area contributed by atoms with Gasteiger partial charge in [-0.15, -0.1) is 10.2 Å². The van der Waals surface area contributed by atoms with Gasteiger partial charge in [0.15, 0.2) is 5.16 Å². The second-order valence-corrected chi connectivity index (χ2v) is 8.09. The minimum Gasteiger partial charge on any atom is -0.341 e. The summed E-state index contributed by atoms with van der Waals surface area (Å²) in [4.78, 5) is 14.6. The molecule has 0 N–H and O–H groups in total. The van der Waals surface area contributed by atoms with Gasteiger partial charge in [0.2, 0.25) is 5.91 Å². The molecule has 2 aromatic rings. The summed E-state index contributed by atoms with van der Waals surface area (Å²) in [5.41, 5.74) is 2.19. The van der Waals surface area contributed by atoms with Crippen molar-refractivity contribution in [3.05, 3.63) is 36.2 Å². The smallest absolute Gasteiger partial charge is 0.233 e. The summed E-state index contributed by atoms with van der Waals surface area (Å²) in [6.45, 7) is 12.2. The maximum atomic E-state index is 12.7. The van der Waals surface area contributed by atoms with Gasteiger partial charge < -0.3 is 4.90 Å². The molecule has 25 heavy (non-hydrogen) atoms. The molecular weight excluding hydrogens is 332 g/mol. The van der Waals surface area contributed by atoms with Crippen molar-refractivity contribution in [2.24, 2.45) is 11.8 Å². The number of nitrogens with zero attached hydrogens (tertiary/aromatic N) is 4. The molecule has 1 aromatic heterocycles. The Balaban J connectivity index is 2.07. The number of amides is 1. The van der Waals surface area contributed by atoms with E-state index in [0.717, 1.165) is 29.5 Å². The molecule has 0 spiro atoms. The molecule has 1 amide bonds. The Hall–Kier alpha value is -1.82. The van der Waals surface area contributed by atoms with Crippen molar-refractivity contribution in [2.75, 3.05) is 18.8 Å². The predicted molar refractivity (Wildman–Crippen MR) is 103 cm³/mol. The van der Waals surface area contributed by atoms with Gasteiger partial charge in [-0.2, -0.15) is 0 Å². The van der Waals surface area contributed by atoms with Gasteiger partial charge in [0, 0.05) is 13.1 Å². The number of thioether (sulfide) groups is 1. The summed E-state index contributed by atoms with van der Waals surface area (Å²) >= 11 is 1.45. The van der Waals surface area contributed by atoms with Crippen molar-refractivity contribution in [1.29, 1.82) is 0 Å². The standard InChI is InChI=1S/C19H28N4OS/c1-14(2)10-22(11-15(3)4)18(24)12-25-19-21-20-13-23(19)17-9-7-6-8-16(17)5/h6-9,13-15H,10-12H2,1-5H3. The first-order valence-corrected chi connectivity index (χ1v) is 9.73. The van der Waals surface area contributed by atoms with Crippen LogP contribution in [0.25, 0.3) is 5.69 Å². The van der Waals surface area contributed by atoms with Crippen LogP contribution in [0.1, 0.15) is 33.3 Å². The molecule has 0 fully saturated rings. The third-order valence-electron chi connectivity index (χ3n) is 3.74. The SMILES string of the molecule is Cc1ccccc1-n1cnnc1SCC(=O)N(CC(C)C)CC(C)C. The highest BCUT2D eigenvalue weighted by atomic mass is 32.2. The van der Waals surface area contributed by atoms with E-state index in [1.807, 2.05) is 27.7 Å². The average molecular weight is 361 g/mol. The van der Waals surface area contributed by atoms with Gasteiger partial charge in [0.05, 0.1) is 11.4 Å². The molecule has 0 saturated heterocycles. The highest BCUT2D eigenvalue weighted by Crippen LogP contribution is 2.22. The minimum absolute atomic E-state index is 0.159. The Labute approximate surface area is 154 Å². The van der Waals surface area contributed by atoms with Crippen LogP contribution in [0.2, 0.25) is 0 Å². The van der Waals surface area contributed by atoms with Crippen LogP contribution in [0.3, 0.4) is 0 Å². The molecule has 0 unspecified atom stereocenters. The largest absolute Gasteiger partial charge is 0.341 e. The maximum Gasteiger partial charge on any atom is 0.233 e. The minimum atomic E-state index is 0.159. The number of benzene rings is 1. The number of carbonyl (C=O) groups is 1. The Morgan fingerprint density at radius 2 is 1.80 bits per heavy atom. The Morgan fingerprint density at radius 3 is 2.40 bits per heavy atom. The Morgan fingerprint density at radius 1 is 1.16 bits per heavy atom. The van der Waals surface area contributed by atoms with Crippen LogP contribution in [0, 0.1) is 18.8 Å². The number of hydrogen-bond acceptors (Lipinski definition) is 4. The van der Waals surface area contributed by atoms with E-state index in [0.29, 0.717) is 17.6 Å². The van der Waals surface area contributed by atoms with Gasteiger partial charge in [0.1, 0.15) is 6.33 Å². The molecule has 0 aliphatic heterocycles. The van der Waals surface area contributed by atoms with Crippen LogP contribution in [0.4, 0.5) is 0 Å². The van der Waals surface area contributed by atoms with E-state index in [4.69, 9.17) is 0 Å². The van der Waals surface area contributed by atoms with Gasteiger partial charge >= 0.3 is 0 Å². The first-order chi connectivity index (χ1) is 11.9. The maximum absolute atomic E-state index is 12.7. The number of aryl methyl sites for hydroxylation is 1. The Kier molecular flexibility index (Phi) is 7.05. The van der Waals surface area contributed by atoms with Gasteiger partial charge in [-0.05, 0) is 30.4 Å². The van der Waals surface area contributed by atoms with Crippen molar-refractivity contribution in [3.8, 4) is 5.69 Å². The predicted octanol–water partition coefficient (Wildman–Crippen LogP) is 3.81. The lowest BCUT2D eigenvalue weighted by Gasteiger charge is -2.26. The Bertz CT molecular complexity index is 686. The molecule has 0 aliphatic carbocycles. The van der Waals surface area contributed by atoms with Gasteiger partial charge in [-0.3, -0.25) is 9.36 Å². The van der Waals surface area contributed by atoms with Crippen LogP contribution in [-0.2, 0) is 4.79 Å². The van der Waals surface area contributed by atoms with Crippen molar-refractivity contribution in [2.45, 2.75) is 39.8 Å².